The summed E-state index contributed by atoms with van der Waals surface area (Å²) in [6.07, 6.45) is -0.376. The highest BCUT2D eigenvalue weighted by atomic mass is 16.5. The van der Waals surface area contributed by atoms with Crippen molar-refractivity contribution in [1.82, 2.24) is 10.2 Å². The van der Waals surface area contributed by atoms with Crippen molar-refractivity contribution in [2.24, 2.45) is 0 Å². The number of amides is 2. The van der Waals surface area contributed by atoms with Crippen LogP contribution >= 0.6 is 0 Å². The maximum atomic E-state index is 12.6. The first-order chi connectivity index (χ1) is 9.83. The molecule has 8 heteroatoms. The molecular formula is C13H22N2O6. The van der Waals surface area contributed by atoms with Crippen LogP contribution in [-0.2, 0) is 19.1 Å². The quantitative estimate of drug-likeness (QED) is 0.752. The van der Waals surface area contributed by atoms with Crippen molar-refractivity contribution in [1.29, 1.82) is 0 Å². The van der Waals surface area contributed by atoms with Gasteiger partial charge < -0.3 is 24.8 Å². The third-order valence-corrected chi connectivity index (χ3v) is 3.77. The van der Waals surface area contributed by atoms with E-state index in [1.807, 2.05) is 0 Å². The first kappa shape index (κ1) is 17.2. The van der Waals surface area contributed by atoms with Gasteiger partial charge in [0, 0.05) is 13.2 Å². The number of carbonyl (C=O) groups excluding carboxylic acids is 2. The highest BCUT2D eigenvalue weighted by Gasteiger charge is 2.43. The van der Waals surface area contributed by atoms with E-state index >= 15 is 0 Å². The molecule has 0 radical (unpaired) electrons. The second kappa shape index (κ2) is 7.26. The summed E-state index contributed by atoms with van der Waals surface area (Å²) in [5.74, 6) is -1.53. The Labute approximate surface area is 123 Å². The van der Waals surface area contributed by atoms with Crippen LogP contribution < -0.4 is 5.32 Å². The van der Waals surface area contributed by atoms with E-state index in [1.165, 1.54) is 19.1 Å². The predicted octanol–water partition coefficient (Wildman–Crippen LogP) is 0.210. The van der Waals surface area contributed by atoms with Gasteiger partial charge in [0.1, 0.15) is 12.1 Å². The summed E-state index contributed by atoms with van der Waals surface area (Å²) in [4.78, 5) is 36.6. The number of methoxy groups -OCH3 is 2. The molecule has 120 valence electrons. The lowest BCUT2D eigenvalue weighted by Crippen LogP contribution is -2.57. The van der Waals surface area contributed by atoms with Crippen LogP contribution in [0.4, 0.5) is 4.79 Å². The fourth-order valence-electron chi connectivity index (χ4n) is 2.46. The predicted molar refractivity (Wildman–Crippen MR) is 72.8 cm³/mol. The number of aliphatic carboxylic acids is 1. The van der Waals surface area contributed by atoms with E-state index in [9.17, 15) is 19.5 Å². The smallest absolute Gasteiger partial charge is 0.407 e. The minimum Gasteiger partial charge on any atom is -0.480 e. The Balaban J connectivity index is 2.97. The standard InChI is InChI=1S/C13H22N2O6/c1-7-5-6-9(12(17)18)15(7)11(16)10(8(2)20-3)14-13(19)21-4/h7-10H,5-6H2,1-4H3,(H,14,19)(H,17,18)/t7?,8-,9?,10+/m1/s1. The summed E-state index contributed by atoms with van der Waals surface area (Å²) in [6, 6.07) is -2.08. The van der Waals surface area contributed by atoms with E-state index < -0.39 is 36.2 Å². The van der Waals surface area contributed by atoms with Gasteiger partial charge in [0.15, 0.2) is 0 Å². The van der Waals surface area contributed by atoms with E-state index in [2.05, 4.69) is 10.1 Å². The topological polar surface area (TPSA) is 105 Å². The molecule has 0 aromatic heterocycles. The number of carboxylic acids is 1. The summed E-state index contributed by atoms with van der Waals surface area (Å²) in [6.45, 7) is 3.41. The Kier molecular flexibility index (Phi) is 5.95. The van der Waals surface area contributed by atoms with Gasteiger partial charge in [0.05, 0.1) is 13.2 Å². The minimum absolute atomic E-state index is 0.204. The third kappa shape index (κ3) is 3.84. The zero-order valence-corrected chi connectivity index (χ0v) is 12.7. The van der Waals surface area contributed by atoms with Crippen LogP contribution in [0.25, 0.3) is 0 Å². The Morgan fingerprint density at radius 2 is 1.90 bits per heavy atom. The van der Waals surface area contributed by atoms with Crippen molar-refractivity contribution in [2.75, 3.05) is 14.2 Å². The van der Waals surface area contributed by atoms with Gasteiger partial charge in [0.2, 0.25) is 5.91 Å². The fourth-order valence-corrected chi connectivity index (χ4v) is 2.46. The number of nitrogens with one attached hydrogen (secondary N) is 1. The largest absolute Gasteiger partial charge is 0.480 e. The van der Waals surface area contributed by atoms with Crippen molar-refractivity contribution >= 4 is 18.0 Å². The van der Waals surface area contributed by atoms with Gasteiger partial charge in [-0.05, 0) is 26.7 Å². The number of rotatable bonds is 5. The minimum atomic E-state index is -1.05. The van der Waals surface area contributed by atoms with Gasteiger partial charge in [-0.15, -0.1) is 0 Å². The molecule has 1 heterocycles. The Morgan fingerprint density at radius 3 is 2.38 bits per heavy atom. The Bertz CT molecular complexity index is 413. The number of ether oxygens (including phenoxy) is 2. The summed E-state index contributed by atoms with van der Waals surface area (Å²) in [5.41, 5.74) is 0. The van der Waals surface area contributed by atoms with Gasteiger partial charge in [-0.25, -0.2) is 9.59 Å². The average Bonchev–Trinajstić information content (AvgIpc) is 2.84. The molecule has 8 nitrogen and oxygen atoms in total. The Hall–Kier alpha value is -1.83. The number of alkyl carbamates (subject to hydrolysis) is 1. The molecule has 1 saturated heterocycles. The second-order valence-electron chi connectivity index (χ2n) is 5.08. The average molecular weight is 302 g/mol. The first-order valence-electron chi connectivity index (χ1n) is 6.75. The molecule has 1 aliphatic rings. The third-order valence-electron chi connectivity index (χ3n) is 3.77. The van der Waals surface area contributed by atoms with Crippen molar-refractivity contribution in [3.63, 3.8) is 0 Å². The van der Waals surface area contributed by atoms with E-state index in [1.54, 1.807) is 13.8 Å². The summed E-state index contributed by atoms with van der Waals surface area (Å²) in [7, 11) is 2.60. The molecule has 0 aromatic carbocycles. The maximum Gasteiger partial charge on any atom is 0.407 e. The van der Waals surface area contributed by atoms with Gasteiger partial charge in [-0.2, -0.15) is 0 Å². The number of likely N-dealkylation sites (tertiary alicyclic amines) is 1. The number of carboxylic acid groups (broad SMARTS) is 1. The summed E-state index contributed by atoms with van der Waals surface area (Å²) >= 11 is 0. The van der Waals surface area contributed by atoms with Crippen molar-refractivity contribution in [2.45, 2.75) is 50.9 Å². The van der Waals surface area contributed by atoms with Gasteiger partial charge >= 0.3 is 12.1 Å². The van der Waals surface area contributed by atoms with E-state index in [0.717, 1.165) is 0 Å². The molecule has 2 unspecified atom stereocenters. The molecule has 2 N–H and O–H groups in total. The monoisotopic (exact) mass is 302 g/mol. The highest BCUT2D eigenvalue weighted by molar-refractivity contribution is 5.90. The van der Waals surface area contributed by atoms with Crippen molar-refractivity contribution < 1.29 is 29.0 Å². The number of nitrogens with zero attached hydrogens (tertiary/aromatic N) is 1. The zero-order chi connectivity index (χ0) is 16.2. The van der Waals surface area contributed by atoms with Crippen LogP contribution in [0.5, 0.6) is 0 Å². The molecular weight excluding hydrogens is 280 g/mol. The van der Waals surface area contributed by atoms with Crippen LogP contribution in [0.15, 0.2) is 0 Å². The molecule has 1 fully saturated rings. The number of carbonyl (C=O) groups is 3. The Morgan fingerprint density at radius 1 is 1.29 bits per heavy atom. The number of hydrogen-bond acceptors (Lipinski definition) is 5. The maximum absolute atomic E-state index is 12.6. The van der Waals surface area contributed by atoms with Gasteiger partial charge in [-0.1, -0.05) is 0 Å². The molecule has 4 atom stereocenters. The number of hydrogen-bond donors (Lipinski definition) is 2. The molecule has 0 aromatic rings. The molecule has 2 amide bonds. The van der Waals surface area contributed by atoms with Crippen molar-refractivity contribution in [3.8, 4) is 0 Å². The van der Waals surface area contributed by atoms with E-state index in [4.69, 9.17) is 4.74 Å². The SMILES string of the molecule is COC(=O)N[C@H](C(=O)N1C(C)CCC1C(=O)O)[C@@H](C)OC. The van der Waals surface area contributed by atoms with Gasteiger partial charge in [-0.3, -0.25) is 4.79 Å². The van der Waals surface area contributed by atoms with Crippen LogP contribution in [-0.4, -0.2) is 66.4 Å². The molecule has 1 rings (SSSR count). The fraction of sp³-hybridized carbons (Fsp3) is 0.769. The van der Waals surface area contributed by atoms with Gasteiger partial charge in [0.25, 0.3) is 0 Å². The molecule has 0 bridgehead atoms. The molecule has 0 spiro atoms. The second-order valence-corrected chi connectivity index (χ2v) is 5.08. The lowest BCUT2D eigenvalue weighted by Gasteiger charge is -2.32. The zero-order valence-electron chi connectivity index (χ0n) is 12.7. The lowest BCUT2D eigenvalue weighted by molar-refractivity contribution is -0.151. The molecule has 0 aliphatic carbocycles. The van der Waals surface area contributed by atoms with Crippen LogP contribution in [0.2, 0.25) is 0 Å². The van der Waals surface area contributed by atoms with Crippen LogP contribution in [0.1, 0.15) is 26.7 Å². The molecule has 0 saturated carbocycles. The first-order valence-corrected chi connectivity index (χ1v) is 6.75. The van der Waals surface area contributed by atoms with E-state index in [0.29, 0.717) is 12.8 Å². The summed E-state index contributed by atoms with van der Waals surface area (Å²) in [5, 5.41) is 11.6. The van der Waals surface area contributed by atoms with Crippen LogP contribution in [0.3, 0.4) is 0 Å². The van der Waals surface area contributed by atoms with Crippen molar-refractivity contribution in [3.05, 3.63) is 0 Å². The highest BCUT2D eigenvalue weighted by Crippen LogP contribution is 2.25. The normalized spacial score (nSPS) is 24.3. The summed E-state index contributed by atoms with van der Waals surface area (Å²) < 4.78 is 9.60. The lowest BCUT2D eigenvalue weighted by atomic mass is 10.1. The van der Waals surface area contributed by atoms with E-state index in [-0.39, 0.29) is 6.04 Å². The molecule has 21 heavy (non-hydrogen) atoms. The van der Waals surface area contributed by atoms with Crippen LogP contribution in [0, 0.1) is 0 Å². The molecule has 1 aliphatic heterocycles.